The summed E-state index contributed by atoms with van der Waals surface area (Å²) in [7, 11) is 1.74. The number of hydrogen-bond donors (Lipinski definition) is 2. The van der Waals surface area contributed by atoms with E-state index in [1.54, 1.807) is 13.1 Å². The zero-order valence-corrected chi connectivity index (χ0v) is 17.1. The first-order valence-electron chi connectivity index (χ1n) is 8.64. The molecule has 0 bridgehead atoms. The number of hydrogen-bond acceptors (Lipinski definition) is 5. The van der Waals surface area contributed by atoms with Gasteiger partial charge in [-0.15, -0.1) is 11.3 Å². The second-order valence-corrected chi connectivity index (χ2v) is 8.02. The summed E-state index contributed by atoms with van der Waals surface area (Å²) in [5.41, 5.74) is 0.819. The predicted molar refractivity (Wildman–Crippen MR) is 110 cm³/mol. The minimum absolute atomic E-state index is 0.249. The van der Waals surface area contributed by atoms with Crippen LogP contribution in [0.4, 0.5) is 0 Å². The number of halogens is 1. The largest absolute Gasteiger partial charge is 0.354 e. The van der Waals surface area contributed by atoms with Crippen LogP contribution in [-0.4, -0.2) is 29.2 Å². The molecule has 1 unspecified atom stereocenters. The van der Waals surface area contributed by atoms with Crippen LogP contribution in [0.15, 0.2) is 45.9 Å². The quantitative estimate of drug-likeness (QED) is 0.479. The smallest absolute Gasteiger partial charge is 0.246 e. The lowest BCUT2D eigenvalue weighted by Crippen LogP contribution is -2.42. The lowest BCUT2D eigenvalue weighted by Gasteiger charge is -2.16. The summed E-state index contributed by atoms with van der Waals surface area (Å²) in [6.07, 6.45) is 0.943. The Kier molecular flexibility index (Phi) is 6.47. The monoisotopic (exact) mass is 403 g/mol. The van der Waals surface area contributed by atoms with Gasteiger partial charge >= 0.3 is 0 Å². The van der Waals surface area contributed by atoms with Crippen molar-refractivity contribution in [1.82, 2.24) is 20.8 Å². The number of thiophene rings is 1. The highest BCUT2D eigenvalue weighted by atomic mass is 35.5. The maximum atomic E-state index is 6.01. The first-order valence-corrected chi connectivity index (χ1v) is 9.84. The molecule has 2 aromatic heterocycles. The lowest BCUT2D eigenvalue weighted by molar-refractivity contribution is 0.375. The molecule has 0 saturated heterocycles. The van der Waals surface area contributed by atoms with Gasteiger partial charge in [0.25, 0.3) is 0 Å². The Labute approximate surface area is 167 Å². The molecule has 0 amide bonds. The molecule has 1 aromatic carbocycles. The van der Waals surface area contributed by atoms with Crippen LogP contribution in [0.1, 0.15) is 22.6 Å². The number of nitrogens with zero attached hydrogens (tertiary/aromatic N) is 3. The average molecular weight is 404 g/mol. The third-order valence-corrected chi connectivity index (χ3v) is 5.13. The molecule has 3 aromatic rings. The first-order chi connectivity index (χ1) is 13.0. The molecule has 2 heterocycles. The SMILES string of the molecule is CN=C(NCc1nc(-c2cccc(Cl)c2)no1)NC(C)Cc1ccc(C)s1. The summed E-state index contributed by atoms with van der Waals surface area (Å²) in [4.78, 5) is 11.3. The fourth-order valence-corrected chi connectivity index (χ4v) is 3.82. The molecule has 142 valence electrons. The minimum atomic E-state index is 0.249. The Hall–Kier alpha value is -2.38. The maximum absolute atomic E-state index is 6.01. The molecule has 0 spiro atoms. The standard InChI is InChI=1S/C19H22ClN5OS/c1-12(9-16-8-7-13(2)27-16)23-19(21-3)22-11-17-24-18(25-26-17)14-5-4-6-15(20)10-14/h4-8,10,12H,9,11H2,1-3H3,(H2,21,22,23). The van der Waals surface area contributed by atoms with Gasteiger partial charge < -0.3 is 15.2 Å². The molecule has 0 radical (unpaired) electrons. The zero-order chi connectivity index (χ0) is 19.2. The molecule has 0 aliphatic carbocycles. The van der Waals surface area contributed by atoms with E-state index in [1.165, 1.54) is 9.75 Å². The van der Waals surface area contributed by atoms with Gasteiger partial charge in [0.05, 0.1) is 6.54 Å². The van der Waals surface area contributed by atoms with Crippen LogP contribution < -0.4 is 10.6 Å². The van der Waals surface area contributed by atoms with Crippen LogP contribution >= 0.6 is 22.9 Å². The summed E-state index contributed by atoms with van der Waals surface area (Å²) in [6, 6.07) is 11.9. The van der Waals surface area contributed by atoms with Crippen LogP contribution in [0.25, 0.3) is 11.4 Å². The van der Waals surface area contributed by atoms with E-state index in [0.29, 0.717) is 29.2 Å². The Morgan fingerprint density at radius 3 is 2.89 bits per heavy atom. The fourth-order valence-electron chi connectivity index (χ4n) is 2.61. The van der Waals surface area contributed by atoms with Crippen molar-refractivity contribution in [2.45, 2.75) is 32.9 Å². The third kappa shape index (κ3) is 5.55. The van der Waals surface area contributed by atoms with Crippen molar-refractivity contribution in [3.8, 4) is 11.4 Å². The second kappa shape index (κ2) is 9.01. The molecule has 6 nitrogen and oxygen atoms in total. The first kappa shape index (κ1) is 19.4. The third-order valence-electron chi connectivity index (χ3n) is 3.87. The van der Waals surface area contributed by atoms with Gasteiger partial charge in [0.2, 0.25) is 11.7 Å². The number of aryl methyl sites for hydroxylation is 1. The van der Waals surface area contributed by atoms with E-state index < -0.39 is 0 Å². The van der Waals surface area contributed by atoms with Crippen LogP contribution in [0.3, 0.4) is 0 Å². The molecule has 0 aliphatic heterocycles. The summed E-state index contributed by atoms with van der Waals surface area (Å²) in [5.74, 6) is 1.69. The van der Waals surface area contributed by atoms with E-state index in [0.717, 1.165) is 12.0 Å². The molecular weight excluding hydrogens is 382 g/mol. The molecular formula is C19H22ClN5OS. The van der Waals surface area contributed by atoms with Crippen molar-refractivity contribution in [1.29, 1.82) is 0 Å². The van der Waals surface area contributed by atoms with Gasteiger partial charge in [-0.25, -0.2) is 0 Å². The van der Waals surface area contributed by atoms with E-state index in [-0.39, 0.29) is 6.04 Å². The molecule has 3 rings (SSSR count). The number of aromatic nitrogens is 2. The molecule has 0 fully saturated rings. The summed E-state index contributed by atoms with van der Waals surface area (Å²) >= 11 is 7.83. The van der Waals surface area contributed by atoms with Gasteiger partial charge in [0.15, 0.2) is 5.96 Å². The van der Waals surface area contributed by atoms with Gasteiger partial charge in [-0.3, -0.25) is 4.99 Å². The average Bonchev–Trinajstić information content (AvgIpc) is 3.27. The van der Waals surface area contributed by atoms with Crippen LogP contribution in [-0.2, 0) is 13.0 Å². The number of nitrogens with one attached hydrogen (secondary N) is 2. The highest BCUT2D eigenvalue weighted by molar-refractivity contribution is 7.11. The fraction of sp³-hybridized carbons (Fsp3) is 0.316. The molecule has 1 atom stereocenters. The van der Waals surface area contributed by atoms with E-state index in [4.69, 9.17) is 16.1 Å². The zero-order valence-electron chi connectivity index (χ0n) is 15.5. The van der Waals surface area contributed by atoms with Crippen molar-refractivity contribution in [3.05, 3.63) is 57.1 Å². The minimum Gasteiger partial charge on any atom is -0.354 e. The van der Waals surface area contributed by atoms with E-state index in [9.17, 15) is 0 Å². The topological polar surface area (TPSA) is 75.3 Å². The number of rotatable bonds is 6. The predicted octanol–water partition coefficient (Wildman–Crippen LogP) is 4.06. The number of aliphatic imine (C=N–C) groups is 1. The van der Waals surface area contributed by atoms with Crippen LogP contribution in [0.5, 0.6) is 0 Å². The number of guanidine groups is 1. The summed E-state index contributed by atoms with van der Waals surface area (Å²) in [5, 5.41) is 11.2. The van der Waals surface area contributed by atoms with Crippen molar-refractivity contribution in [2.24, 2.45) is 4.99 Å². The van der Waals surface area contributed by atoms with Gasteiger partial charge in [-0.1, -0.05) is 28.9 Å². The van der Waals surface area contributed by atoms with Crippen molar-refractivity contribution >= 4 is 28.9 Å². The Balaban J connectivity index is 1.53. The summed E-state index contributed by atoms with van der Waals surface area (Å²) in [6.45, 7) is 4.64. The van der Waals surface area contributed by atoms with Crippen molar-refractivity contribution in [2.75, 3.05) is 7.05 Å². The highest BCUT2D eigenvalue weighted by Gasteiger charge is 2.11. The molecule has 8 heteroatoms. The van der Waals surface area contributed by atoms with Gasteiger partial charge in [-0.2, -0.15) is 4.98 Å². The van der Waals surface area contributed by atoms with Crippen molar-refractivity contribution in [3.63, 3.8) is 0 Å². The maximum Gasteiger partial charge on any atom is 0.246 e. The Bertz CT molecular complexity index is 920. The Morgan fingerprint density at radius 2 is 2.19 bits per heavy atom. The normalized spacial score (nSPS) is 12.8. The molecule has 0 aliphatic rings. The van der Waals surface area contributed by atoms with E-state index >= 15 is 0 Å². The second-order valence-electron chi connectivity index (χ2n) is 6.21. The lowest BCUT2D eigenvalue weighted by atomic mass is 10.2. The van der Waals surface area contributed by atoms with Gasteiger partial charge in [0, 0.05) is 39.9 Å². The molecule has 27 heavy (non-hydrogen) atoms. The summed E-state index contributed by atoms with van der Waals surface area (Å²) < 4.78 is 5.31. The van der Waals surface area contributed by atoms with Gasteiger partial charge in [0.1, 0.15) is 0 Å². The van der Waals surface area contributed by atoms with Crippen molar-refractivity contribution < 1.29 is 4.52 Å². The van der Waals surface area contributed by atoms with Crippen LogP contribution in [0, 0.1) is 6.92 Å². The van der Waals surface area contributed by atoms with Gasteiger partial charge in [-0.05, 0) is 38.1 Å². The van der Waals surface area contributed by atoms with E-state index in [2.05, 4.69) is 51.7 Å². The highest BCUT2D eigenvalue weighted by Crippen LogP contribution is 2.20. The number of benzene rings is 1. The Morgan fingerprint density at radius 1 is 1.33 bits per heavy atom. The van der Waals surface area contributed by atoms with Crippen LogP contribution in [0.2, 0.25) is 5.02 Å². The van der Waals surface area contributed by atoms with E-state index in [1.807, 2.05) is 29.5 Å². The molecule has 2 N–H and O–H groups in total. The molecule has 0 saturated carbocycles.